The second-order valence-electron chi connectivity index (χ2n) is 12.4. The molecule has 0 heterocycles. The van der Waals surface area contributed by atoms with E-state index in [0.717, 1.165) is 12.8 Å². The Kier molecular flexibility index (Phi) is 6.47. The van der Waals surface area contributed by atoms with Crippen molar-refractivity contribution in [1.29, 1.82) is 0 Å². The third-order valence-corrected chi connectivity index (χ3v) is 9.15. The molecule has 2 aliphatic rings. The number of fused-ring (bicyclic) bond motifs is 3. The topological polar surface area (TPSA) is 3.24 Å². The third kappa shape index (κ3) is 4.60. The lowest BCUT2D eigenvalue weighted by atomic mass is 9.80. The molecule has 0 saturated heterocycles. The minimum atomic E-state index is -0.0463. The average Bonchev–Trinajstić information content (AvgIpc) is 3.25. The lowest BCUT2D eigenvalue weighted by Gasteiger charge is -2.30. The Morgan fingerprint density at radius 1 is 0.524 bits per heavy atom. The first-order valence-corrected chi connectivity index (χ1v) is 15.1. The van der Waals surface area contributed by atoms with E-state index in [-0.39, 0.29) is 5.41 Å². The molecule has 7 rings (SSSR count). The van der Waals surface area contributed by atoms with E-state index in [4.69, 9.17) is 0 Å². The van der Waals surface area contributed by atoms with E-state index in [1.54, 1.807) is 0 Å². The summed E-state index contributed by atoms with van der Waals surface area (Å²) in [6.45, 7) is 9.05. The molecule has 0 bridgehead atoms. The molecule has 5 aromatic carbocycles. The highest BCUT2D eigenvalue weighted by atomic mass is 15.1. The van der Waals surface area contributed by atoms with Crippen molar-refractivity contribution in [2.75, 3.05) is 4.90 Å². The van der Waals surface area contributed by atoms with Gasteiger partial charge in [0.2, 0.25) is 0 Å². The van der Waals surface area contributed by atoms with Gasteiger partial charge in [0.15, 0.2) is 0 Å². The van der Waals surface area contributed by atoms with Crippen LogP contribution < -0.4 is 4.90 Å². The van der Waals surface area contributed by atoms with Gasteiger partial charge in [0.05, 0.1) is 0 Å². The Hall–Kier alpha value is -4.62. The highest BCUT2D eigenvalue weighted by molar-refractivity contribution is 5.85. The van der Waals surface area contributed by atoms with Crippen molar-refractivity contribution in [3.8, 4) is 22.3 Å². The first kappa shape index (κ1) is 26.3. The van der Waals surface area contributed by atoms with Crippen molar-refractivity contribution < 1.29 is 0 Å². The molecule has 0 aliphatic heterocycles. The molecule has 1 nitrogen and oxygen atoms in total. The summed E-state index contributed by atoms with van der Waals surface area (Å²) < 4.78 is 0. The van der Waals surface area contributed by atoms with E-state index in [0.29, 0.717) is 0 Å². The number of nitrogens with zero attached hydrogens (tertiary/aromatic N) is 1. The Bertz CT molecular complexity index is 1790. The number of hydrogen-bond donors (Lipinski definition) is 0. The van der Waals surface area contributed by atoms with Crippen LogP contribution in [-0.2, 0) is 5.41 Å². The Morgan fingerprint density at radius 2 is 1.07 bits per heavy atom. The van der Waals surface area contributed by atoms with Crippen LogP contribution in [0.5, 0.6) is 0 Å². The number of hydrogen-bond acceptors (Lipinski definition) is 1. The molecule has 0 radical (unpaired) electrons. The van der Waals surface area contributed by atoms with Crippen molar-refractivity contribution in [3.63, 3.8) is 0 Å². The summed E-state index contributed by atoms with van der Waals surface area (Å²) in [6.07, 6.45) is 6.69. The Labute approximate surface area is 250 Å². The fourth-order valence-electron chi connectivity index (χ4n) is 6.67. The van der Waals surface area contributed by atoms with Crippen LogP contribution in [-0.4, -0.2) is 0 Å². The fraction of sp³-hybridized carbons (Fsp3) is 0.171. The molecule has 0 spiro atoms. The van der Waals surface area contributed by atoms with E-state index < -0.39 is 0 Å². The number of allylic oxidation sites excluding steroid dienone is 4. The van der Waals surface area contributed by atoms with Gasteiger partial charge in [-0.2, -0.15) is 0 Å². The van der Waals surface area contributed by atoms with Gasteiger partial charge in [-0.05, 0) is 114 Å². The zero-order valence-corrected chi connectivity index (χ0v) is 25.0. The van der Waals surface area contributed by atoms with Gasteiger partial charge in [-0.15, -0.1) is 0 Å². The molecular weight excluding hydrogens is 506 g/mol. The van der Waals surface area contributed by atoms with Crippen LogP contribution in [0.25, 0.3) is 27.8 Å². The van der Waals surface area contributed by atoms with Crippen LogP contribution in [0.15, 0.2) is 133 Å². The molecule has 0 N–H and O–H groups in total. The summed E-state index contributed by atoms with van der Waals surface area (Å²) in [4.78, 5) is 2.42. The van der Waals surface area contributed by atoms with Crippen LogP contribution in [0, 0.1) is 13.8 Å². The quantitative estimate of drug-likeness (QED) is 0.213. The molecule has 1 heteroatoms. The van der Waals surface area contributed by atoms with Gasteiger partial charge in [0.1, 0.15) is 0 Å². The predicted octanol–water partition coefficient (Wildman–Crippen LogP) is 11.2. The summed E-state index contributed by atoms with van der Waals surface area (Å²) in [6, 6.07) is 42.6. The molecule has 206 valence electrons. The van der Waals surface area contributed by atoms with Crippen LogP contribution in [0.3, 0.4) is 0 Å². The molecular formula is C41H37N. The first-order valence-electron chi connectivity index (χ1n) is 15.1. The van der Waals surface area contributed by atoms with Gasteiger partial charge in [-0.25, -0.2) is 0 Å². The van der Waals surface area contributed by atoms with Crippen LogP contribution >= 0.6 is 0 Å². The Morgan fingerprint density at radius 3 is 1.62 bits per heavy atom. The molecule has 0 unspecified atom stereocenters. The smallest absolute Gasteiger partial charge is 0.0458 e. The zero-order valence-electron chi connectivity index (χ0n) is 25.0. The molecule has 0 atom stereocenters. The molecule has 0 amide bonds. The summed E-state index contributed by atoms with van der Waals surface area (Å²) in [5.41, 5.74) is 17.1. The van der Waals surface area contributed by atoms with Crippen LogP contribution in [0.4, 0.5) is 11.4 Å². The first-order chi connectivity index (χ1) is 20.4. The zero-order chi connectivity index (χ0) is 28.8. The number of benzene rings is 5. The minimum absolute atomic E-state index is 0.0463. The summed E-state index contributed by atoms with van der Waals surface area (Å²) in [5.74, 6) is 0. The number of anilines is 2. The van der Waals surface area contributed by atoms with Gasteiger partial charge in [-0.3, -0.25) is 0 Å². The monoisotopic (exact) mass is 543 g/mol. The minimum Gasteiger partial charge on any atom is -0.314 e. The fourth-order valence-corrected chi connectivity index (χ4v) is 6.67. The maximum absolute atomic E-state index is 2.46. The standard InChI is InChI=1S/C41H37N/c1-28-10-18-34(19-11-28)42(35-20-12-29(2)13-21-35)36-22-14-31(15-23-36)33-17-25-38-37-24-16-32(30-8-6-5-7-9-30)26-39(37)41(3,4)40(38)27-33/h5-14,16-22,24-27H,15,23H2,1-4H3. The lowest BCUT2D eigenvalue weighted by Crippen LogP contribution is -2.18. The largest absolute Gasteiger partial charge is 0.314 e. The second kappa shape index (κ2) is 10.3. The van der Waals surface area contributed by atoms with Gasteiger partial charge in [-0.1, -0.05) is 110 Å². The molecule has 5 aromatic rings. The number of aryl methyl sites for hydroxylation is 2. The third-order valence-electron chi connectivity index (χ3n) is 9.15. The van der Waals surface area contributed by atoms with Gasteiger partial charge in [0, 0.05) is 22.5 Å². The highest BCUT2D eigenvalue weighted by Crippen LogP contribution is 2.50. The van der Waals surface area contributed by atoms with Gasteiger partial charge >= 0.3 is 0 Å². The average molecular weight is 544 g/mol. The van der Waals surface area contributed by atoms with Gasteiger partial charge < -0.3 is 4.90 Å². The van der Waals surface area contributed by atoms with Crippen molar-refractivity contribution in [2.24, 2.45) is 0 Å². The normalized spacial score (nSPS) is 15.0. The summed E-state index contributed by atoms with van der Waals surface area (Å²) >= 11 is 0. The van der Waals surface area contributed by atoms with E-state index in [1.165, 1.54) is 72.7 Å². The maximum Gasteiger partial charge on any atom is 0.0458 e. The van der Waals surface area contributed by atoms with E-state index in [9.17, 15) is 0 Å². The highest BCUT2D eigenvalue weighted by Gasteiger charge is 2.36. The van der Waals surface area contributed by atoms with Crippen molar-refractivity contribution >= 4 is 16.9 Å². The Balaban J connectivity index is 1.23. The summed E-state index contributed by atoms with van der Waals surface area (Å²) in [5, 5.41) is 0. The molecule has 0 fully saturated rings. The number of rotatable bonds is 5. The molecule has 2 aliphatic carbocycles. The van der Waals surface area contributed by atoms with Crippen LogP contribution in [0.1, 0.15) is 54.5 Å². The van der Waals surface area contributed by atoms with E-state index in [1.807, 2.05) is 0 Å². The van der Waals surface area contributed by atoms with E-state index in [2.05, 4.69) is 160 Å². The molecule has 0 aromatic heterocycles. The van der Waals surface area contributed by atoms with Crippen molar-refractivity contribution in [1.82, 2.24) is 0 Å². The second-order valence-corrected chi connectivity index (χ2v) is 12.4. The lowest BCUT2D eigenvalue weighted by molar-refractivity contribution is 0.660. The van der Waals surface area contributed by atoms with Crippen molar-refractivity contribution in [2.45, 2.75) is 46.0 Å². The van der Waals surface area contributed by atoms with Crippen LogP contribution in [0.2, 0.25) is 0 Å². The van der Waals surface area contributed by atoms with E-state index >= 15 is 0 Å². The van der Waals surface area contributed by atoms with Gasteiger partial charge in [0.25, 0.3) is 0 Å². The van der Waals surface area contributed by atoms with Crippen molar-refractivity contribution in [3.05, 3.63) is 161 Å². The SMILES string of the molecule is Cc1ccc(N(C2=CC=C(c3ccc4c(c3)C(C)(C)c3cc(-c5ccccc5)ccc3-4)CC2)c2ccc(C)cc2)cc1. The molecule has 0 saturated carbocycles. The molecule has 42 heavy (non-hydrogen) atoms. The summed E-state index contributed by atoms with van der Waals surface area (Å²) in [7, 11) is 0. The predicted molar refractivity (Wildman–Crippen MR) is 179 cm³/mol. The maximum atomic E-state index is 2.46.